The van der Waals surface area contributed by atoms with Crippen molar-refractivity contribution in [3.8, 4) is 0 Å². The summed E-state index contributed by atoms with van der Waals surface area (Å²) in [6, 6.07) is 0. The molecule has 27 heavy (non-hydrogen) atoms. The van der Waals surface area contributed by atoms with Crippen molar-refractivity contribution in [2.24, 2.45) is 0 Å². The molecular weight excluding hydrogens is 378 g/mol. The van der Waals surface area contributed by atoms with Crippen molar-refractivity contribution in [3.63, 3.8) is 0 Å². The van der Waals surface area contributed by atoms with Gasteiger partial charge in [0.05, 0.1) is 0 Å². The summed E-state index contributed by atoms with van der Waals surface area (Å²) in [7, 11) is 0. The Balaban J connectivity index is 5.00. The lowest BCUT2D eigenvalue weighted by atomic mass is 10.2. The second-order valence-electron chi connectivity index (χ2n) is 5.48. The van der Waals surface area contributed by atoms with E-state index in [0.29, 0.717) is 13.1 Å². The lowest BCUT2D eigenvalue weighted by Crippen LogP contribution is -2.49. The van der Waals surface area contributed by atoms with E-state index in [0.717, 1.165) is 10.5 Å². The first kappa shape index (κ1) is 25.0. The van der Waals surface area contributed by atoms with Gasteiger partial charge in [-0.25, -0.2) is 4.79 Å². The first-order valence-electron chi connectivity index (χ1n) is 8.15. The average Bonchev–Trinajstić information content (AvgIpc) is 2.56. The molecule has 0 saturated carbocycles. The second kappa shape index (κ2) is 11.0. The maximum atomic E-state index is 12.5. The van der Waals surface area contributed by atoms with Crippen molar-refractivity contribution in [1.29, 1.82) is 0 Å². The summed E-state index contributed by atoms with van der Waals surface area (Å²) in [5.74, 6) is 0. The molecule has 0 radical (unpaired) electrons. The topological polar surface area (TPSA) is 32.8 Å². The molecule has 156 valence electrons. The summed E-state index contributed by atoms with van der Waals surface area (Å²) in [6.45, 7) is 11.5. The van der Waals surface area contributed by atoms with Gasteiger partial charge in [0.2, 0.25) is 0 Å². The molecule has 0 aromatic heterocycles. The van der Waals surface area contributed by atoms with Gasteiger partial charge in [-0.2, -0.15) is 26.3 Å². The Morgan fingerprint density at radius 1 is 1.04 bits per heavy atom. The molecule has 4 nitrogen and oxygen atoms in total. The van der Waals surface area contributed by atoms with Crippen LogP contribution in [0.4, 0.5) is 31.1 Å². The largest absolute Gasteiger partial charge is 0.434 e. The van der Waals surface area contributed by atoms with E-state index in [1.807, 2.05) is 11.8 Å². The molecule has 0 fully saturated rings. The molecule has 10 heteroatoms. The number of allylic oxidation sites excluding steroid dienone is 2. The van der Waals surface area contributed by atoms with Gasteiger partial charge in [0, 0.05) is 26.2 Å². The van der Waals surface area contributed by atoms with Crippen LogP contribution in [0.1, 0.15) is 13.8 Å². The Kier molecular flexibility index (Phi) is 10.2. The monoisotopic (exact) mass is 402 g/mol. The minimum absolute atomic E-state index is 0.0931. The molecule has 1 amide bonds. The molecule has 0 atom stereocenters. The molecule has 0 rings (SSSR count). The Morgan fingerprint density at radius 3 is 1.96 bits per heavy atom. The van der Waals surface area contributed by atoms with Crippen molar-refractivity contribution in [3.05, 3.63) is 37.0 Å². The van der Waals surface area contributed by atoms with Gasteiger partial charge in [0.25, 0.3) is 6.10 Å². The van der Waals surface area contributed by atoms with Gasteiger partial charge in [-0.05, 0) is 19.0 Å². The number of halogens is 6. The van der Waals surface area contributed by atoms with Crippen LogP contribution in [0.15, 0.2) is 37.0 Å². The van der Waals surface area contributed by atoms with Gasteiger partial charge in [-0.15, -0.1) is 0 Å². The summed E-state index contributed by atoms with van der Waals surface area (Å²) in [4.78, 5) is 14.4. The van der Waals surface area contributed by atoms with E-state index >= 15 is 0 Å². The fourth-order valence-electron chi connectivity index (χ4n) is 2.08. The third-order valence-corrected chi connectivity index (χ3v) is 3.59. The summed E-state index contributed by atoms with van der Waals surface area (Å²) in [6.07, 6.45) is -12.4. The van der Waals surface area contributed by atoms with Gasteiger partial charge in [-0.3, -0.25) is 4.90 Å². The van der Waals surface area contributed by atoms with Gasteiger partial charge >= 0.3 is 18.4 Å². The number of amides is 1. The highest BCUT2D eigenvalue weighted by molar-refractivity contribution is 5.67. The molecule has 0 aromatic rings. The summed E-state index contributed by atoms with van der Waals surface area (Å²) in [5.41, 5.74) is 0.826. The molecule has 0 aliphatic rings. The standard InChI is InChI=1S/C17H24F6N2O2/c1-5-9-13(6-2)12-24(7-3)10-11-25(8-4)15(26)27-14(16(18,19)20)17(21,22)23/h5-6,9,14H,1-2,7-8,10-12H2,3-4H3/b13-9+. The Morgan fingerprint density at radius 2 is 1.59 bits per heavy atom. The first-order valence-corrected chi connectivity index (χ1v) is 8.15. The fourth-order valence-corrected chi connectivity index (χ4v) is 2.08. The third-order valence-electron chi connectivity index (χ3n) is 3.59. The Hall–Kier alpha value is -1.97. The molecule has 0 aliphatic carbocycles. The zero-order valence-corrected chi connectivity index (χ0v) is 15.2. The number of likely N-dealkylation sites (N-methyl/N-ethyl adjacent to an activating group) is 2. The minimum Gasteiger partial charge on any atom is -0.426 e. The zero-order valence-electron chi connectivity index (χ0n) is 15.2. The summed E-state index contributed by atoms with van der Waals surface area (Å²) < 4.78 is 78.8. The smallest absolute Gasteiger partial charge is 0.426 e. The van der Waals surface area contributed by atoms with Crippen LogP contribution in [0.5, 0.6) is 0 Å². The number of hydrogen-bond acceptors (Lipinski definition) is 3. The Labute approximate surface area is 154 Å². The molecule has 0 unspecified atom stereocenters. The molecule has 0 N–H and O–H groups in total. The van der Waals surface area contributed by atoms with Gasteiger partial charge in [0.1, 0.15) is 0 Å². The first-order chi connectivity index (χ1) is 12.4. The average molecular weight is 402 g/mol. The number of carbonyl (C=O) groups excluding carboxylic acids is 1. The van der Waals surface area contributed by atoms with Crippen LogP contribution < -0.4 is 0 Å². The van der Waals surface area contributed by atoms with Crippen molar-refractivity contribution in [2.75, 3.05) is 32.7 Å². The van der Waals surface area contributed by atoms with Crippen LogP contribution in [0.2, 0.25) is 0 Å². The minimum atomic E-state index is -5.74. The number of rotatable bonds is 10. The maximum absolute atomic E-state index is 12.5. The van der Waals surface area contributed by atoms with E-state index in [2.05, 4.69) is 17.9 Å². The number of nitrogens with zero attached hydrogens (tertiary/aromatic N) is 2. The van der Waals surface area contributed by atoms with Gasteiger partial charge < -0.3 is 9.64 Å². The van der Waals surface area contributed by atoms with Crippen LogP contribution in [-0.4, -0.2) is 67.1 Å². The van der Waals surface area contributed by atoms with Crippen LogP contribution >= 0.6 is 0 Å². The van der Waals surface area contributed by atoms with Crippen LogP contribution in [0.25, 0.3) is 0 Å². The van der Waals surface area contributed by atoms with Gasteiger partial charge in [0.15, 0.2) is 0 Å². The highest BCUT2D eigenvalue weighted by atomic mass is 19.4. The second-order valence-corrected chi connectivity index (χ2v) is 5.48. The molecule has 0 heterocycles. The third kappa shape index (κ3) is 8.98. The molecule has 0 bridgehead atoms. The quantitative estimate of drug-likeness (QED) is 0.397. The van der Waals surface area contributed by atoms with Crippen molar-refractivity contribution < 1.29 is 35.9 Å². The van der Waals surface area contributed by atoms with E-state index in [1.165, 1.54) is 6.92 Å². The normalized spacial score (nSPS) is 13.0. The lowest BCUT2D eigenvalue weighted by Gasteiger charge is -2.29. The van der Waals surface area contributed by atoms with Crippen molar-refractivity contribution in [1.82, 2.24) is 9.80 Å². The molecule has 0 spiro atoms. The van der Waals surface area contributed by atoms with E-state index in [1.54, 1.807) is 18.2 Å². The zero-order chi connectivity index (χ0) is 21.3. The number of alkyl halides is 6. The maximum Gasteiger partial charge on any atom is 0.434 e. The number of ether oxygens (including phenoxy) is 1. The van der Waals surface area contributed by atoms with Crippen molar-refractivity contribution in [2.45, 2.75) is 32.3 Å². The lowest BCUT2D eigenvalue weighted by molar-refractivity contribution is -0.308. The fraction of sp³-hybridized carbons (Fsp3) is 0.588. The van der Waals surface area contributed by atoms with Crippen LogP contribution in [-0.2, 0) is 4.74 Å². The molecular formula is C17H24F6N2O2. The molecule has 0 saturated heterocycles. The summed E-state index contributed by atoms with van der Waals surface area (Å²) in [5, 5.41) is 0. The SMILES string of the molecule is C=C/C=C(\C=C)CN(CC)CCN(CC)C(=O)OC(C(F)(F)F)C(F)(F)F. The van der Waals surface area contributed by atoms with Crippen LogP contribution in [0, 0.1) is 0 Å². The predicted octanol–water partition coefficient (Wildman–Crippen LogP) is 4.56. The molecule has 0 aliphatic heterocycles. The number of carbonyl (C=O) groups is 1. The number of hydrogen-bond donors (Lipinski definition) is 0. The highest BCUT2D eigenvalue weighted by Gasteiger charge is 2.60. The summed E-state index contributed by atoms with van der Waals surface area (Å²) >= 11 is 0. The molecule has 0 aromatic carbocycles. The van der Waals surface area contributed by atoms with Crippen LogP contribution in [0.3, 0.4) is 0 Å². The predicted molar refractivity (Wildman–Crippen MR) is 90.2 cm³/mol. The van der Waals surface area contributed by atoms with E-state index in [9.17, 15) is 31.1 Å². The van der Waals surface area contributed by atoms with Gasteiger partial charge in [-0.1, -0.05) is 38.3 Å². The van der Waals surface area contributed by atoms with E-state index in [-0.39, 0.29) is 19.6 Å². The van der Waals surface area contributed by atoms with E-state index < -0.39 is 24.5 Å². The van der Waals surface area contributed by atoms with E-state index in [4.69, 9.17) is 0 Å². The van der Waals surface area contributed by atoms with Crippen molar-refractivity contribution >= 4 is 6.09 Å². The highest BCUT2D eigenvalue weighted by Crippen LogP contribution is 2.36. The Bertz CT molecular complexity index is 514.